The van der Waals surface area contributed by atoms with Crippen LogP contribution >= 0.6 is 0 Å². The van der Waals surface area contributed by atoms with Crippen LogP contribution in [0, 0.1) is 0 Å². The minimum absolute atomic E-state index is 0.127. The standard InChI is InChI=1S/C14H16N2O3/c17-8-2-7-16-11-4-1-3-10(14(18)19)12(11)15-13(16)9-5-6-9/h1,3-4,9,17H,2,5-8H2,(H,18,19). The summed E-state index contributed by atoms with van der Waals surface area (Å²) >= 11 is 0. The fourth-order valence-electron chi connectivity index (χ4n) is 2.45. The van der Waals surface area contributed by atoms with E-state index in [2.05, 4.69) is 9.55 Å². The summed E-state index contributed by atoms with van der Waals surface area (Å²) in [5.74, 6) is 0.477. The number of aliphatic hydroxyl groups excluding tert-OH is 1. The van der Waals surface area contributed by atoms with Crippen molar-refractivity contribution in [2.24, 2.45) is 0 Å². The number of aryl methyl sites for hydroxylation is 1. The maximum absolute atomic E-state index is 11.2. The number of aromatic nitrogens is 2. The van der Waals surface area contributed by atoms with Gasteiger partial charge < -0.3 is 14.8 Å². The summed E-state index contributed by atoms with van der Waals surface area (Å²) in [5, 5.41) is 18.2. The largest absolute Gasteiger partial charge is 0.478 e. The van der Waals surface area contributed by atoms with Crippen molar-refractivity contribution < 1.29 is 15.0 Å². The molecule has 0 atom stereocenters. The monoisotopic (exact) mass is 260 g/mol. The fraction of sp³-hybridized carbons (Fsp3) is 0.429. The lowest BCUT2D eigenvalue weighted by atomic mass is 10.2. The molecule has 100 valence electrons. The number of aromatic carboxylic acids is 1. The van der Waals surface area contributed by atoms with Crippen LogP contribution in [0.1, 0.15) is 41.4 Å². The van der Waals surface area contributed by atoms with Gasteiger partial charge in [0.25, 0.3) is 0 Å². The predicted octanol–water partition coefficient (Wildman–Crippen LogP) is 1.99. The number of para-hydroxylation sites is 1. The number of benzene rings is 1. The zero-order chi connectivity index (χ0) is 13.4. The fourth-order valence-corrected chi connectivity index (χ4v) is 2.45. The molecular weight excluding hydrogens is 244 g/mol. The molecule has 0 bridgehead atoms. The maximum Gasteiger partial charge on any atom is 0.337 e. The van der Waals surface area contributed by atoms with Crippen molar-refractivity contribution in [1.82, 2.24) is 9.55 Å². The minimum atomic E-state index is -0.945. The molecule has 1 aliphatic carbocycles. The maximum atomic E-state index is 11.2. The van der Waals surface area contributed by atoms with E-state index in [-0.39, 0.29) is 12.2 Å². The van der Waals surface area contributed by atoms with Crippen LogP contribution in [-0.2, 0) is 6.54 Å². The van der Waals surface area contributed by atoms with Crippen LogP contribution in [0.25, 0.3) is 11.0 Å². The van der Waals surface area contributed by atoms with E-state index in [4.69, 9.17) is 5.11 Å². The number of fused-ring (bicyclic) bond motifs is 1. The first-order valence-electron chi connectivity index (χ1n) is 6.55. The predicted molar refractivity (Wildman–Crippen MR) is 70.4 cm³/mol. The third-order valence-corrected chi connectivity index (χ3v) is 3.52. The summed E-state index contributed by atoms with van der Waals surface area (Å²) in [6.07, 6.45) is 2.89. The first-order chi connectivity index (χ1) is 9.22. The second kappa shape index (κ2) is 4.66. The minimum Gasteiger partial charge on any atom is -0.478 e. The zero-order valence-electron chi connectivity index (χ0n) is 10.5. The molecule has 5 heteroatoms. The quantitative estimate of drug-likeness (QED) is 0.862. The van der Waals surface area contributed by atoms with E-state index in [9.17, 15) is 9.90 Å². The second-order valence-electron chi connectivity index (χ2n) is 4.95. The topological polar surface area (TPSA) is 75.3 Å². The van der Waals surface area contributed by atoms with Crippen molar-refractivity contribution in [3.05, 3.63) is 29.6 Å². The van der Waals surface area contributed by atoms with Crippen molar-refractivity contribution in [2.45, 2.75) is 31.7 Å². The molecule has 1 aliphatic rings. The van der Waals surface area contributed by atoms with Crippen molar-refractivity contribution in [1.29, 1.82) is 0 Å². The van der Waals surface area contributed by atoms with Crippen LogP contribution in [0.2, 0.25) is 0 Å². The first-order valence-corrected chi connectivity index (χ1v) is 6.55. The molecule has 1 saturated carbocycles. The molecular formula is C14H16N2O3. The molecule has 1 heterocycles. The first kappa shape index (κ1) is 12.2. The van der Waals surface area contributed by atoms with Gasteiger partial charge >= 0.3 is 5.97 Å². The highest BCUT2D eigenvalue weighted by atomic mass is 16.4. The number of carbonyl (C=O) groups is 1. The zero-order valence-corrected chi connectivity index (χ0v) is 10.5. The Bertz CT molecular complexity index is 629. The van der Waals surface area contributed by atoms with Gasteiger partial charge in [0.2, 0.25) is 0 Å². The number of hydrogen-bond donors (Lipinski definition) is 2. The Balaban J connectivity index is 2.17. The molecule has 2 aromatic rings. The van der Waals surface area contributed by atoms with Gasteiger partial charge in [0.05, 0.1) is 11.1 Å². The summed E-state index contributed by atoms with van der Waals surface area (Å²) < 4.78 is 2.07. The van der Waals surface area contributed by atoms with Crippen LogP contribution in [-0.4, -0.2) is 32.3 Å². The van der Waals surface area contributed by atoms with Gasteiger partial charge in [-0.1, -0.05) is 6.07 Å². The number of carboxylic acid groups (broad SMARTS) is 1. The summed E-state index contributed by atoms with van der Waals surface area (Å²) in [6, 6.07) is 5.24. The highest BCUT2D eigenvalue weighted by Crippen LogP contribution is 2.41. The van der Waals surface area contributed by atoms with Crippen LogP contribution in [0.5, 0.6) is 0 Å². The number of hydrogen-bond acceptors (Lipinski definition) is 3. The lowest BCUT2D eigenvalue weighted by Crippen LogP contribution is -2.04. The van der Waals surface area contributed by atoms with Crippen LogP contribution in [0.4, 0.5) is 0 Å². The summed E-state index contributed by atoms with van der Waals surface area (Å²) in [4.78, 5) is 15.8. The van der Waals surface area contributed by atoms with Gasteiger partial charge in [-0.15, -0.1) is 0 Å². The van der Waals surface area contributed by atoms with Crippen molar-refractivity contribution in [3.8, 4) is 0 Å². The smallest absolute Gasteiger partial charge is 0.337 e. The van der Waals surface area contributed by atoms with Gasteiger partial charge in [-0.05, 0) is 31.4 Å². The molecule has 0 spiro atoms. The van der Waals surface area contributed by atoms with E-state index < -0.39 is 5.97 Å². The number of imidazole rings is 1. The third kappa shape index (κ3) is 2.10. The molecule has 0 radical (unpaired) electrons. The summed E-state index contributed by atoms with van der Waals surface area (Å²) in [6.45, 7) is 0.810. The van der Waals surface area contributed by atoms with Gasteiger partial charge in [-0.3, -0.25) is 0 Å². The Kier molecular flexibility index (Phi) is 2.98. The van der Waals surface area contributed by atoms with Gasteiger partial charge in [-0.2, -0.15) is 0 Å². The molecule has 0 amide bonds. The molecule has 2 N–H and O–H groups in total. The van der Waals surface area contributed by atoms with Gasteiger partial charge in [0, 0.05) is 19.1 Å². The van der Waals surface area contributed by atoms with E-state index >= 15 is 0 Å². The SMILES string of the molecule is O=C(O)c1cccc2c1nc(C1CC1)n2CCCO. The number of rotatable bonds is 5. The molecule has 1 aromatic carbocycles. The van der Waals surface area contributed by atoms with Gasteiger partial charge in [0.15, 0.2) is 0 Å². The Morgan fingerprint density at radius 3 is 2.84 bits per heavy atom. The Hall–Kier alpha value is -1.88. The molecule has 1 fully saturated rings. The van der Waals surface area contributed by atoms with E-state index in [0.717, 1.165) is 24.2 Å². The molecule has 1 aromatic heterocycles. The third-order valence-electron chi connectivity index (χ3n) is 3.52. The normalized spacial score (nSPS) is 15.0. The Morgan fingerprint density at radius 2 is 2.21 bits per heavy atom. The molecule has 0 saturated heterocycles. The Morgan fingerprint density at radius 1 is 1.42 bits per heavy atom. The summed E-state index contributed by atoms with van der Waals surface area (Å²) in [5.41, 5.74) is 1.67. The highest BCUT2D eigenvalue weighted by molar-refractivity contribution is 6.01. The molecule has 3 rings (SSSR count). The van der Waals surface area contributed by atoms with Gasteiger partial charge in [-0.25, -0.2) is 9.78 Å². The number of carboxylic acids is 1. The lowest BCUT2D eigenvalue weighted by Gasteiger charge is -2.07. The molecule has 0 unspecified atom stereocenters. The second-order valence-corrected chi connectivity index (χ2v) is 4.95. The van der Waals surface area contributed by atoms with Crippen LogP contribution in [0.3, 0.4) is 0 Å². The average molecular weight is 260 g/mol. The van der Waals surface area contributed by atoms with Crippen LogP contribution in [0.15, 0.2) is 18.2 Å². The van der Waals surface area contributed by atoms with E-state index in [1.165, 1.54) is 0 Å². The number of aliphatic hydroxyl groups is 1. The van der Waals surface area contributed by atoms with E-state index in [0.29, 0.717) is 24.4 Å². The van der Waals surface area contributed by atoms with Crippen molar-refractivity contribution in [2.75, 3.05) is 6.61 Å². The van der Waals surface area contributed by atoms with Crippen LogP contribution < -0.4 is 0 Å². The summed E-state index contributed by atoms with van der Waals surface area (Å²) in [7, 11) is 0. The van der Waals surface area contributed by atoms with Gasteiger partial charge in [0.1, 0.15) is 11.3 Å². The molecule has 19 heavy (non-hydrogen) atoms. The lowest BCUT2D eigenvalue weighted by molar-refractivity contribution is 0.0699. The Labute approximate surface area is 110 Å². The van der Waals surface area contributed by atoms with E-state index in [1.54, 1.807) is 12.1 Å². The molecule has 5 nitrogen and oxygen atoms in total. The van der Waals surface area contributed by atoms with Crippen molar-refractivity contribution >= 4 is 17.0 Å². The average Bonchev–Trinajstić information content (AvgIpc) is 3.17. The van der Waals surface area contributed by atoms with Crippen molar-refractivity contribution in [3.63, 3.8) is 0 Å². The molecule has 0 aliphatic heterocycles. The number of nitrogens with zero attached hydrogens (tertiary/aromatic N) is 2. The van der Waals surface area contributed by atoms with E-state index in [1.807, 2.05) is 6.07 Å². The highest BCUT2D eigenvalue weighted by Gasteiger charge is 2.30.